The van der Waals surface area contributed by atoms with Crippen molar-refractivity contribution in [1.82, 2.24) is 4.90 Å². The highest BCUT2D eigenvalue weighted by atomic mass is 35.5. The van der Waals surface area contributed by atoms with E-state index in [4.69, 9.17) is 11.6 Å². The molecular formula is C20H22ClNO2. The minimum atomic E-state index is -0.673. The van der Waals surface area contributed by atoms with Crippen molar-refractivity contribution in [3.8, 4) is 0 Å². The lowest BCUT2D eigenvalue weighted by Gasteiger charge is -2.37. The molecule has 0 amide bonds. The number of carbonyl (C=O) groups is 1. The fourth-order valence-electron chi connectivity index (χ4n) is 3.53. The topological polar surface area (TPSA) is 40.5 Å². The van der Waals surface area contributed by atoms with E-state index in [1.54, 1.807) is 0 Å². The molecule has 1 unspecified atom stereocenters. The number of nitrogens with zero attached hydrogens (tertiary/aromatic N) is 1. The van der Waals surface area contributed by atoms with E-state index in [0.717, 1.165) is 18.1 Å². The number of aliphatic carboxylic acids is 1. The van der Waals surface area contributed by atoms with Crippen molar-refractivity contribution >= 4 is 17.6 Å². The Hall–Kier alpha value is -1.84. The summed E-state index contributed by atoms with van der Waals surface area (Å²) in [4.78, 5) is 13.6. The number of rotatable bonds is 4. The van der Waals surface area contributed by atoms with E-state index >= 15 is 0 Å². The SMILES string of the molecule is Cc1ccccc1C(c1ccc(Cl)cc1)N1CCC(C(=O)O)CC1. The van der Waals surface area contributed by atoms with Gasteiger partial charge in [0.25, 0.3) is 0 Å². The first-order valence-electron chi connectivity index (χ1n) is 8.34. The molecule has 0 spiro atoms. The van der Waals surface area contributed by atoms with Gasteiger partial charge in [-0.15, -0.1) is 0 Å². The van der Waals surface area contributed by atoms with E-state index in [1.165, 1.54) is 16.7 Å². The first-order chi connectivity index (χ1) is 11.6. The van der Waals surface area contributed by atoms with Crippen LogP contribution in [0.1, 0.15) is 35.6 Å². The smallest absolute Gasteiger partial charge is 0.306 e. The number of hydrogen-bond acceptors (Lipinski definition) is 2. The average Bonchev–Trinajstić information content (AvgIpc) is 2.59. The number of likely N-dealkylation sites (tertiary alicyclic amines) is 1. The molecule has 1 heterocycles. The molecule has 0 bridgehead atoms. The number of piperidine rings is 1. The van der Waals surface area contributed by atoms with Crippen LogP contribution in [0.5, 0.6) is 0 Å². The van der Waals surface area contributed by atoms with Crippen LogP contribution in [0.2, 0.25) is 5.02 Å². The maximum Gasteiger partial charge on any atom is 0.306 e. The molecule has 1 saturated heterocycles. The second-order valence-electron chi connectivity index (χ2n) is 6.46. The van der Waals surface area contributed by atoms with E-state index in [-0.39, 0.29) is 12.0 Å². The van der Waals surface area contributed by atoms with Crippen molar-refractivity contribution in [2.24, 2.45) is 5.92 Å². The Kier molecular flexibility index (Phi) is 5.22. The highest BCUT2D eigenvalue weighted by Crippen LogP contribution is 2.34. The molecule has 126 valence electrons. The number of carboxylic acids is 1. The van der Waals surface area contributed by atoms with Crippen molar-refractivity contribution in [3.63, 3.8) is 0 Å². The molecule has 0 radical (unpaired) electrons. The maximum atomic E-state index is 11.2. The quantitative estimate of drug-likeness (QED) is 0.886. The Balaban J connectivity index is 1.93. The van der Waals surface area contributed by atoms with Crippen LogP contribution in [-0.2, 0) is 4.79 Å². The zero-order valence-electron chi connectivity index (χ0n) is 13.8. The summed E-state index contributed by atoms with van der Waals surface area (Å²) in [7, 11) is 0. The standard InChI is InChI=1S/C20H22ClNO2/c1-14-4-2-3-5-18(14)19(15-6-8-17(21)9-7-15)22-12-10-16(11-13-22)20(23)24/h2-9,16,19H,10-13H2,1H3,(H,23,24). The summed E-state index contributed by atoms with van der Waals surface area (Å²) >= 11 is 6.05. The number of halogens is 1. The first-order valence-corrected chi connectivity index (χ1v) is 8.72. The lowest BCUT2D eigenvalue weighted by atomic mass is 9.89. The normalized spacial score (nSPS) is 17.6. The molecule has 3 nitrogen and oxygen atoms in total. The molecule has 1 atom stereocenters. The Morgan fingerprint density at radius 1 is 1.12 bits per heavy atom. The minimum Gasteiger partial charge on any atom is -0.481 e. The van der Waals surface area contributed by atoms with E-state index in [0.29, 0.717) is 12.8 Å². The van der Waals surface area contributed by atoms with Crippen LogP contribution in [0.15, 0.2) is 48.5 Å². The lowest BCUT2D eigenvalue weighted by Crippen LogP contribution is -2.39. The van der Waals surface area contributed by atoms with Crippen LogP contribution in [0.4, 0.5) is 0 Å². The summed E-state index contributed by atoms with van der Waals surface area (Å²) in [6.45, 7) is 3.71. The highest BCUT2D eigenvalue weighted by Gasteiger charge is 2.30. The molecule has 1 aliphatic rings. The summed E-state index contributed by atoms with van der Waals surface area (Å²) < 4.78 is 0. The van der Waals surface area contributed by atoms with Gasteiger partial charge in [0.1, 0.15) is 0 Å². The average molecular weight is 344 g/mol. The largest absolute Gasteiger partial charge is 0.481 e. The molecule has 0 aromatic heterocycles. The fraction of sp³-hybridized carbons (Fsp3) is 0.350. The number of aryl methyl sites for hydroxylation is 1. The van der Waals surface area contributed by atoms with Crippen LogP contribution < -0.4 is 0 Å². The molecule has 24 heavy (non-hydrogen) atoms. The number of hydrogen-bond donors (Lipinski definition) is 1. The van der Waals surface area contributed by atoms with E-state index in [2.05, 4.69) is 48.2 Å². The Morgan fingerprint density at radius 3 is 2.33 bits per heavy atom. The van der Waals surface area contributed by atoms with Crippen molar-refractivity contribution in [2.45, 2.75) is 25.8 Å². The van der Waals surface area contributed by atoms with Crippen LogP contribution in [-0.4, -0.2) is 29.1 Å². The molecule has 0 saturated carbocycles. The van der Waals surface area contributed by atoms with Gasteiger partial charge in [-0.1, -0.05) is 48.0 Å². The second kappa shape index (κ2) is 7.37. The molecule has 0 aliphatic carbocycles. The Labute approximate surface area is 147 Å². The predicted molar refractivity (Wildman–Crippen MR) is 96.4 cm³/mol. The summed E-state index contributed by atoms with van der Waals surface area (Å²) in [5.74, 6) is -0.891. The Morgan fingerprint density at radius 2 is 1.75 bits per heavy atom. The van der Waals surface area contributed by atoms with Crippen LogP contribution in [0.3, 0.4) is 0 Å². The van der Waals surface area contributed by atoms with Gasteiger partial charge in [-0.3, -0.25) is 9.69 Å². The summed E-state index contributed by atoms with van der Waals surface area (Å²) in [5, 5.41) is 9.97. The van der Waals surface area contributed by atoms with Gasteiger partial charge in [0.2, 0.25) is 0 Å². The number of benzene rings is 2. The minimum absolute atomic E-state index is 0.137. The summed E-state index contributed by atoms with van der Waals surface area (Å²) in [5.41, 5.74) is 3.72. The molecule has 1 aliphatic heterocycles. The maximum absolute atomic E-state index is 11.2. The zero-order valence-corrected chi connectivity index (χ0v) is 14.5. The van der Waals surface area contributed by atoms with Crippen molar-refractivity contribution in [2.75, 3.05) is 13.1 Å². The second-order valence-corrected chi connectivity index (χ2v) is 6.90. The fourth-order valence-corrected chi connectivity index (χ4v) is 3.66. The van der Waals surface area contributed by atoms with Crippen molar-refractivity contribution < 1.29 is 9.90 Å². The third-order valence-electron chi connectivity index (χ3n) is 4.91. The van der Waals surface area contributed by atoms with Crippen LogP contribution in [0.25, 0.3) is 0 Å². The summed E-state index contributed by atoms with van der Waals surface area (Å²) in [6, 6.07) is 16.5. The molecular weight excluding hydrogens is 322 g/mol. The third-order valence-corrected chi connectivity index (χ3v) is 5.16. The van der Waals surface area contributed by atoms with Crippen molar-refractivity contribution in [3.05, 3.63) is 70.2 Å². The van der Waals surface area contributed by atoms with Crippen LogP contribution in [0, 0.1) is 12.8 Å². The van der Waals surface area contributed by atoms with Gasteiger partial charge in [-0.2, -0.15) is 0 Å². The predicted octanol–water partition coefficient (Wildman–Crippen LogP) is 4.53. The van der Waals surface area contributed by atoms with Gasteiger partial charge in [-0.05, 0) is 61.7 Å². The molecule has 2 aromatic rings. The third kappa shape index (κ3) is 3.63. The van der Waals surface area contributed by atoms with Crippen molar-refractivity contribution in [1.29, 1.82) is 0 Å². The molecule has 3 rings (SSSR count). The van der Waals surface area contributed by atoms with Gasteiger partial charge in [0.15, 0.2) is 0 Å². The molecule has 4 heteroatoms. The van der Waals surface area contributed by atoms with Gasteiger partial charge >= 0.3 is 5.97 Å². The molecule has 1 N–H and O–H groups in total. The van der Waals surface area contributed by atoms with E-state index < -0.39 is 5.97 Å². The van der Waals surface area contributed by atoms with Gasteiger partial charge in [0.05, 0.1) is 12.0 Å². The molecule has 1 fully saturated rings. The van der Waals surface area contributed by atoms with Gasteiger partial charge in [-0.25, -0.2) is 0 Å². The zero-order chi connectivity index (χ0) is 17.1. The summed E-state index contributed by atoms with van der Waals surface area (Å²) in [6.07, 6.45) is 1.40. The highest BCUT2D eigenvalue weighted by molar-refractivity contribution is 6.30. The first kappa shape index (κ1) is 17.0. The van der Waals surface area contributed by atoms with Gasteiger partial charge < -0.3 is 5.11 Å². The lowest BCUT2D eigenvalue weighted by molar-refractivity contribution is -0.143. The monoisotopic (exact) mass is 343 g/mol. The van der Waals surface area contributed by atoms with E-state index in [1.807, 2.05) is 12.1 Å². The van der Waals surface area contributed by atoms with Gasteiger partial charge in [0, 0.05) is 5.02 Å². The number of carboxylic acid groups (broad SMARTS) is 1. The van der Waals surface area contributed by atoms with Crippen LogP contribution >= 0.6 is 11.6 Å². The Bertz CT molecular complexity index is 706. The van der Waals surface area contributed by atoms with E-state index in [9.17, 15) is 9.90 Å². The molecule has 2 aromatic carbocycles.